The van der Waals surface area contributed by atoms with E-state index in [2.05, 4.69) is 6.07 Å². The molecule has 5 rings (SSSR count). The van der Waals surface area contributed by atoms with Gasteiger partial charge >= 0.3 is 6.09 Å². The summed E-state index contributed by atoms with van der Waals surface area (Å²) in [5.41, 5.74) is -0.392. The van der Waals surface area contributed by atoms with Crippen molar-refractivity contribution in [3.63, 3.8) is 0 Å². The van der Waals surface area contributed by atoms with Gasteiger partial charge in [0.05, 0.1) is 39.5 Å². The topological polar surface area (TPSA) is 111 Å². The SMILES string of the molecule is COc1ccc(CN2C(=O)[C@]3(C[C@H]4OC[C@H]5OC(=O)N(C)[C@H]5[C@H]4O3)C[C@@H]2C#N)c(OC)c1. The van der Waals surface area contributed by atoms with Gasteiger partial charge in [-0.15, -0.1) is 0 Å². The Kier molecular flexibility index (Phi) is 4.91. The molecule has 4 fully saturated rings. The lowest BCUT2D eigenvalue weighted by Gasteiger charge is -2.35. The minimum absolute atomic E-state index is 0.207. The number of carbonyl (C=O) groups is 2. The number of amides is 2. The molecular weight excluding hydrogens is 418 g/mol. The number of benzene rings is 1. The second kappa shape index (κ2) is 7.53. The second-order valence-electron chi connectivity index (χ2n) is 8.64. The molecule has 10 heteroatoms. The smallest absolute Gasteiger partial charge is 0.410 e. The van der Waals surface area contributed by atoms with Gasteiger partial charge in [0.2, 0.25) is 0 Å². The van der Waals surface area contributed by atoms with Gasteiger partial charge in [-0.1, -0.05) is 0 Å². The molecule has 4 aliphatic heterocycles. The van der Waals surface area contributed by atoms with Crippen molar-refractivity contribution < 1.29 is 33.3 Å². The maximum absolute atomic E-state index is 13.6. The van der Waals surface area contributed by atoms with Crippen LogP contribution in [0.3, 0.4) is 0 Å². The Hall–Kier alpha value is -3.03. The zero-order chi connectivity index (χ0) is 22.6. The number of rotatable bonds is 4. The summed E-state index contributed by atoms with van der Waals surface area (Å²) in [7, 11) is 4.78. The fraction of sp³-hybridized carbons (Fsp3) is 0.591. The van der Waals surface area contributed by atoms with E-state index in [1.165, 1.54) is 4.90 Å². The van der Waals surface area contributed by atoms with Crippen molar-refractivity contribution in [2.45, 2.75) is 55.4 Å². The van der Waals surface area contributed by atoms with Crippen LogP contribution in [0.25, 0.3) is 0 Å². The third-order valence-electron chi connectivity index (χ3n) is 6.97. The van der Waals surface area contributed by atoms with Gasteiger partial charge in [0.25, 0.3) is 5.91 Å². The van der Waals surface area contributed by atoms with Crippen molar-refractivity contribution in [1.29, 1.82) is 5.26 Å². The fourth-order valence-electron chi connectivity index (χ4n) is 5.35. The van der Waals surface area contributed by atoms with Crippen LogP contribution >= 0.6 is 0 Å². The summed E-state index contributed by atoms with van der Waals surface area (Å²) in [6, 6.07) is 6.64. The number of nitrogens with zero attached hydrogens (tertiary/aromatic N) is 3. The first-order valence-electron chi connectivity index (χ1n) is 10.5. The van der Waals surface area contributed by atoms with Crippen molar-refractivity contribution in [3.05, 3.63) is 23.8 Å². The largest absolute Gasteiger partial charge is 0.497 e. The van der Waals surface area contributed by atoms with E-state index < -0.39 is 29.9 Å². The van der Waals surface area contributed by atoms with E-state index in [1.807, 2.05) is 6.07 Å². The first-order chi connectivity index (χ1) is 15.4. The molecule has 2 amide bonds. The predicted molar refractivity (Wildman–Crippen MR) is 108 cm³/mol. The van der Waals surface area contributed by atoms with Crippen molar-refractivity contribution in [2.24, 2.45) is 0 Å². The van der Waals surface area contributed by atoms with Gasteiger partial charge in [-0.25, -0.2) is 4.79 Å². The van der Waals surface area contributed by atoms with Crippen LogP contribution in [0.15, 0.2) is 18.2 Å². The Balaban J connectivity index is 1.40. The number of methoxy groups -OCH3 is 2. The normalized spacial score (nSPS) is 35.5. The van der Waals surface area contributed by atoms with Crippen molar-refractivity contribution in [2.75, 3.05) is 27.9 Å². The van der Waals surface area contributed by atoms with E-state index in [9.17, 15) is 14.9 Å². The number of carbonyl (C=O) groups excluding carboxylic acids is 2. The standard InChI is InChI=1S/C22H25N3O7/c1-24-18-17(31-21(24)27)11-30-16-8-22(32-19(16)18)7-13(9-23)25(20(22)26)10-12-4-5-14(28-2)6-15(12)29-3/h4-6,13,16-19H,7-8,10-11H2,1-3H3/t13-,16-,17-,18-,19+,22-/m1/s1. The fourth-order valence-corrected chi connectivity index (χ4v) is 5.35. The molecule has 4 aliphatic rings. The summed E-state index contributed by atoms with van der Waals surface area (Å²) in [5.74, 6) is 0.966. The van der Waals surface area contributed by atoms with Crippen molar-refractivity contribution in [3.8, 4) is 17.6 Å². The predicted octanol–water partition coefficient (Wildman–Crippen LogP) is 1.07. The van der Waals surface area contributed by atoms with Gasteiger partial charge < -0.3 is 33.5 Å². The molecule has 170 valence electrons. The Bertz CT molecular complexity index is 994. The molecular formula is C22H25N3O7. The van der Waals surface area contributed by atoms with Crippen molar-refractivity contribution in [1.82, 2.24) is 9.80 Å². The third kappa shape index (κ3) is 2.99. The summed E-state index contributed by atoms with van der Waals surface area (Å²) in [5, 5.41) is 9.82. The maximum atomic E-state index is 13.6. The van der Waals surface area contributed by atoms with E-state index in [4.69, 9.17) is 23.7 Å². The molecule has 1 aromatic carbocycles. The van der Waals surface area contributed by atoms with Crippen LogP contribution in [0, 0.1) is 11.3 Å². The summed E-state index contributed by atoms with van der Waals surface area (Å²) in [4.78, 5) is 28.7. The maximum Gasteiger partial charge on any atom is 0.410 e. The molecule has 0 N–H and O–H groups in total. The van der Waals surface area contributed by atoms with Gasteiger partial charge in [0.15, 0.2) is 5.60 Å². The zero-order valence-corrected chi connectivity index (χ0v) is 18.1. The van der Waals surface area contributed by atoms with E-state index in [1.54, 1.807) is 38.3 Å². The van der Waals surface area contributed by atoms with Crippen LogP contribution in [0.2, 0.25) is 0 Å². The first-order valence-corrected chi connectivity index (χ1v) is 10.5. The average Bonchev–Trinajstić information content (AvgIpc) is 3.40. The van der Waals surface area contributed by atoms with Gasteiger partial charge in [-0.3, -0.25) is 4.79 Å². The molecule has 0 saturated carbocycles. The van der Waals surface area contributed by atoms with Crippen LogP contribution < -0.4 is 9.47 Å². The van der Waals surface area contributed by atoms with Gasteiger partial charge in [0, 0.05) is 31.5 Å². The number of hydrogen-bond acceptors (Lipinski definition) is 8. The van der Waals surface area contributed by atoms with E-state index in [0.29, 0.717) is 17.9 Å². The van der Waals surface area contributed by atoms with Gasteiger partial charge in [-0.05, 0) is 12.1 Å². The number of likely N-dealkylation sites (N-methyl/N-ethyl adjacent to an activating group) is 1. The number of fused-ring (bicyclic) bond motifs is 3. The number of likely N-dealkylation sites (tertiary alicyclic amines) is 1. The van der Waals surface area contributed by atoms with Crippen LogP contribution in [0.5, 0.6) is 11.5 Å². The molecule has 1 spiro atoms. The monoisotopic (exact) mass is 443 g/mol. The lowest BCUT2D eigenvalue weighted by atomic mass is 9.91. The third-order valence-corrected chi connectivity index (χ3v) is 6.97. The molecule has 0 radical (unpaired) electrons. The highest BCUT2D eigenvalue weighted by Crippen LogP contribution is 2.47. The minimum atomic E-state index is -1.16. The number of hydrogen-bond donors (Lipinski definition) is 0. The van der Waals surface area contributed by atoms with Crippen LogP contribution in [-0.2, 0) is 25.5 Å². The zero-order valence-electron chi connectivity index (χ0n) is 18.1. The van der Waals surface area contributed by atoms with Gasteiger partial charge in [-0.2, -0.15) is 5.26 Å². The molecule has 32 heavy (non-hydrogen) atoms. The van der Waals surface area contributed by atoms with Crippen LogP contribution in [-0.4, -0.2) is 85.7 Å². The molecule has 0 unspecified atom stereocenters. The Morgan fingerprint density at radius 1 is 1.22 bits per heavy atom. The Morgan fingerprint density at radius 3 is 2.75 bits per heavy atom. The summed E-state index contributed by atoms with van der Waals surface area (Å²) in [6.07, 6.45) is -1.08. The summed E-state index contributed by atoms with van der Waals surface area (Å²) < 4.78 is 28.3. The highest BCUT2D eigenvalue weighted by Gasteiger charge is 2.65. The Morgan fingerprint density at radius 2 is 2.03 bits per heavy atom. The minimum Gasteiger partial charge on any atom is -0.497 e. The van der Waals surface area contributed by atoms with Crippen molar-refractivity contribution >= 4 is 12.0 Å². The highest BCUT2D eigenvalue weighted by molar-refractivity contribution is 5.89. The molecule has 4 heterocycles. The quantitative estimate of drug-likeness (QED) is 0.680. The summed E-state index contributed by atoms with van der Waals surface area (Å²) >= 11 is 0. The van der Waals surface area contributed by atoms with E-state index in [-0.39, 0.29) is 37.6 Å². The van der Waals surface area contributed by atoms with E-state index in [0.717, 1.165) is 5.56 Å². The lowest BCUT2D eigenvalue weighted by molar-refractivity contribution is -0.157. The molecule has 4 saturated heterocycles. The molecule has 0 aliphatic carbocycles. The highest BCUT2D eigenvalue weighted by atomic mass is 16.6. The van der Waals surface area contributed by atoms with E-state index >= 15 is 0 Å². The second-order valence-corrected chi connectivity index (χ2v) is 8.64. The molecule has 6 atom stereocenters. The lowest BCUT2D eigenvalue weighted by Crippen LogP contribution is -2.54. The van der Waals surface area contributed by atoms with Crippen LogP contribution in [0.4, 0.5) is 4.79 Å². The average molecular weight is 443 g/mol. The number of ether oxygens (including phenoxy) is 5. The molecule has 0 bridgehead atoms. The van der Waals surface area contributed by atoms with Gasteiger partial charge in [0.1, 0.15) is 35.8 Å². The molecule has 10 nitrogen and oxygen atoms in total. The first kappa shape index (κ1) is 20.8. The molecule has 0 aromatic heterocycles. The van der Waals surface area contributed by atoms with Crippen LogP contribution in [0.1, 0.15) is 18.4 Å². The molecule has 1 aromatic rings. The summed E-state index contributed by atoms with van der Waals surface area (Å²) in [6.45, 7) is 0.475. The number of nitriles is 1. The Labute approximate surface area is 185 Å².